The highest BCUT2D eigenvalue weighted by Gasteiger charge is 2.51. The van der Waals surface area contributed by atoms with E-state index in [2.05, 4.69) is 16.4 Å². The van der Waals surface area contributed by atoms with Crippen molar-refractivity contribution in [2.45, 2.75) is 18.3 Å². The Bertz CT molecular complexity index is 1170. The van der Waals surface area contributed by atoms with Gasteiger partial charge in [-0.25, -0.2) is 4.98 Å². The molecule has 0 saturated heterocycles. The van der Waals surface area contributed by atoms with Crippen LogP contribution in [0.15, 0.2) is 60.7 Å². The van der Waals surface area contributed by atoms with Crippen LogP contribution in [0.25, 0.3) is 11.3 Å². The lowest BCUT2D eigenvalue weighted by molar-refractivity contribution is -0.118. The summed E-state index contributed by atoms with van der Waals surface area (Å²) in [6, 6.07) is 20.5. The van der Waals surface area contributed by atoms with Crippen molar-refractivity contribution in [2.75, 3.05) is 12.1 Å². The molecule has 1 amide bonds. The minimum absolute atomic E-state index is 0. The van der Waals surface area contributed by atoms with E-state index in [1.54, 1.807) is 18.2 Å². The van der Waals surface area contributed by atoms with Crippen LogP contribution in [0.5, 0.6) is 11.5 Å². The number of pyridine rings is 1. The molecule has 5 rings (SSSR count). The molecule has 1 aromatic heterocycles. The highest BCUT2D eigenvalue weighted by atomic mass is 16.7. The summed E-state index contributed by atoms with van der Waals surface area (Å²) in [7, 11) is 0. The number of nitrogens with zero attached hydrogens (tertiary/aromatic N) is 2. The van der Waals surface area contributed by atoms with Gasteiger partial charge in [-0.3, -0.25) is 4.79 Å². The van der Waals surface area contributed by atoms with Crippen molar-refractivity contribution in [1.82, 2.24) is 4.98 Å². The molecule has 0 atom stereocenters. The van der Waals surface area contributed by atoms with Gasteiger partial charge in [0.05, 0.1) is 22.7 Å². The van der Waals surface area contributed by atoms with Crippen LogP contribution in [-0.4, -0.2) is 17.7 Å². The number of hydrogen-bond acceptors (Lipinski definition) is 5. The molecule has 6 nitrogen and oxygen atoms in total. The monoisotopic (exact) mass is 385 g/mol. The SMILES string of the molecule is N#Cc1cccc(-c2cccc(NC(=O)C3(c4ccc5c(c4)OCO5)CC3)n2)c1.[HH]. The van der Waals surface area contributed by atoms with Gasteiger partial charge in [-0.05, 0) is 54.8 Å². The summed E-state index contributed by atoms with van der Waals surface area (Å²) in [6.07, 6.45) is 1.56. The topological polar surface area (TPSA) is 84.2 Å². The summed E-state index contributed by atoms with van der Waals surface area (Å²) >= 11 is 0. The molecular formula is C23H19N3O3. The largest absolute Gasteiger partial charge is 0.454 e. The van der Waals surface area contributed by atoms with Gasteiger partial charge in [-0.1, -0.05) is 24.3 Å². The number of rotatable bonds is 4. The molecule has 1 saturated carbocycles. The van der Waals surface area contributed by atoms with Crippen LogP contribution in [-0.2, 0) is 10.2 Å². The van der Waals surface area contributed by atoms with E-state index >= 15 is 0 Å². The van der Waals surface area contributed by atoms with Crippen LogP contribution in [0.4, 0.5) is 5.82 Å². The molecule has 3 aromatic rings. The third-order valence-electron chi connectivity index (χ3n) is 5.39. The lowest BCUT2D eigenvalue weighted by Gasteiger charge is -2.16. The first kappa shape index (κ1) is 17.3. The lowest BCUT2D eigenvalue weighted by Crippen LogP contribution is -2.28. The molecular weight excluding hydrogens is 366 g/mol. The minimum Gasteiger partial charge on any atom is -0.454 e. The highest BCUT2D eigenvalue weighted by Crippen LogP contribution is 2.51. The van der Waals surface area contributed by atoms with Crippen molar-refractivity contribution in [3.8, 4) is 28.8 Å². The first-order valence-corrected chi connectivity index (χ1v) is 9.37. The number of carbonyl (C=O) groups is 1. The smallest absolute Gasteiger partial charge is 0.236 e. The van der Waals surface area contributed by atoms with Crippen molar-refractivity contribution in [1.29, 1.82) is 5.26 Å². The van der Waals surface area contributed by atoms with Crippen molar-refractivity contribution >= 4 is 11.7 Å². The maximum absolute atomic E-state index is 13.1. The molecule has 1 aliphatic heterocycles. The summed E-state index contributed by atoms with van der Waals surface area (Å²) in [6.45, 7) is 0.210. The maximum Gasteiger partial charge on any atom is 0.236 e. The van der Waals surface area contributed by atoms with Gasteiger partial charge in [0, 0.05) is 6.99 Å². The normalized spacial score (nSPS) is 15.4. The van der Waals surface area contributed by atoms with Gasteiger partial charge in [0.25, 0.3) is 0 Å². The molecule has 0 unspecified atom stereocenters. The number of nitrogens with one attached hydrogen (secondary N) is 1. The first-order chi connectivity index (χ1) is 14.2. The standard InChI is InChI=1S/C23H17N3O3.H2/c24-13-15-3-1-4-16(11-15)18-5-2-6-21(25-18)26-22(27)23(9-10-23)17-7-8-19-20(12-17)29-14-28-19;/h1-8,11-12H,9-10,14H2,(H,25,26,27);1H. The third kappa shape index (κ3) is 3.07. The number of anilines is 1. The number of hydrogen-bond donors (Lipinski definition) is 1. The Morgan fingerprint density at radius 1 is 1.07 bits per heavy atom. The van der Waals surface area contributed by atoms with Crippen LogP contribution in [0.1, 0.15) is 25.4 Å². The second-order valence-electron chi connectivity index (χ2n) is 7.20. The van der Waals surface area contributed by atoms with Crippen molar-refractivity contribution < 1.29 is 15.7 Å². The zero-order chi connectivity index (χ0) is 19.8. The Kier molecular flexibility index (Phi) is 3.95. The van der Waals surface area contributed by atoms with Crippen LogP contribution >= 0.6 is 0 Å². The van der Waals surface area contributed by atoms with Gasteiger partial charge in [0.2, 0.25) is 12.7 Å². The Hall–Kier alpha value is -3.85. The highest BCUT2D eigenvalue weighted by molar-refractivity contribution is 6.01. The molecule has 0 radical (unpaired) electrons. The Labute approximate surface area is 169 Å². The second kappa shape index (κ2) is 6.64. The molecule has 2 aliphatic rings. The predicted molar refractivity (Wildman–Crippen MR) is 109 cm³/mol. The zero-order valence-electron chi connectivity index (χ0n) is 15.5. The molecule has 0 spiro atoms. The molecule has 29 heavy (non-hydrogen) atoms. The summed E-state index contributed by atoms with van der Waals surface area (Å²) in [5.41, 5.74) is 2.47. The maximum atomic E-state index is 13.1. The fourth-order valence-electron chi connectivity index (χ4n) is 3.62. The fraction of sp³-hybridized carbons (Fsp3) is 0.174. The van der Waals surface area contributed by atoms with Gasteiger partial charge in [0.15, 0.2) is 11.5 Å². The first-order valence-electron chi connectivity index (χ1n) is 9.37. The second-order valence-corrected chi connectivity index (χ2v) is 7.20. The molecule has 1 fully saturated rings. The quantitative estimate of drug-likeness (QED) is 0.725. The van der Waals surface area contributed by atoms with Crippen molar-refractivity contribution in [2.24, 2.45) is 0 Å². The number of nitriles is 1. The summed E-state index contributed by atoms with van der Waals surface area (Å²) in [4.78, 5) is 17.6. The average Bonchev–Trinajstić information content (AvgIpc) is 3.45. The molecule has 2 heterocycles. The zero-order valence-corrected chi connectivity index (χ0v) is 15.5. The molecule has 144 valence electrons. The van der Waals surface area contributed by atoms with Crippen LogP contribution in [0, 0.1) is 11.3 Å². The van der Waals surface area contributed by atoms with Gasteiger partial charge in [-0.2, -0.15) is 5.26 Å². The Morgan fingerprint density at radius 2 is 1.90 bits per heavy atom. The number of fused-ring (bicyclic) bond motifs is 1. The van der Waals surface area contributed by atoms with Gasteiger partial charge < -0.3 is 14.8 Å². The summed E-state index contributed by atoms with van der Waals surface area (Å²) < 4.78 is 10.8. The van der Waals surface area contributed by atoms with E-state index in [-0.39, 0.29) is 14.1 Å². The van der Waals surface area contributed by atoms with Gasteiger partial charge >= 0.3 is 0 Å². The van der Waals surface area contributed by atoms with E-state index in [0.717, 1.165) is 24.0 Å². The van der Waals surface area contributed by atoms with E-state index in [4.69, 9.17) is 14.7 Å². The summed E-state index contributed by atoms with van der Waals surface area (Å²) in [5, 5.41) is 12.1. The molecule has 6 heteroatoms. The van der Waals surface area contributed by atoms with E-state index in [1.807, 2.05) is 42.5 Å². The fourth-order valence-corrected chi connectivity index (χ4v) is 3.62. The number of ether oxygens (including phenoxy) is 2. The van der Waals surface area contributed by atoms with Gasteiger partial charge in [-0.15, -0.1) is 0 Å². The van der Waals surface area contributed by atoms with Crippen molar-refractivity contribution in [3.05, 3.63) is 71.8 Å². The van der Waals surface area contributed by atoms with Crippen LogP contribution < -0.4 is 14.8 Å². The molecule has 1 N–H and O–H groups in total. The predicted octanol–water partition coefficient (Wildman–Crippen LogP) is 4.27. The van der Waals surface area contributed by atoms with E-state index < -0.39 is 5.41 Å². The molecule has 2 aromatic carbocycles. The van der Waals surface area contributed by atoms with E-state index in [9.17, 15) is 4.79 Å². The average molecular weight is 385 g/mol. The van der Waals surface area contributed by atoms with E-state index in [0.29, 0.717) is 28.6 Å². The number of benzene rings is 2. The molecule has 0 bridgehead atoms. The van der Waals surface area contributed by atoms with Crippen molar-refractivity contribution in [3.63, 3.8) is 0 Å². The number of aromatic nitrogens is 1. The third-order valence-corrected chi connectivity index (χ3v) is 5.39. The Balaban J connectivity index is 0.00000218. The Morgan fingerprint density at radius 3 is 2.72 bits per heavy atom. The van der Waals surface area contributed by atoms with E-state index in [1.165, 1.54) is 0 Å². The number of amides is 1. The summed E-state index contributed by atoms with van der Waals surface area (Å²) in [5.74, 6) is 1.80. The number of carbonyl (C=O) groups excluding carboxylic acids is 1. The van der Waals surface area contributed by atoms with Crippen LogP contribution in [0.3, 0.4) is 0 Å². The van der Waals surface area contributed by atoms with Gasteiger partial charge in [0.1, 0.15) is 5.82 Å². The van der Waals surface area contributed by atoms with Crippen LogP contribution in [0.2, 0.25) is 0 Å². The molecule has 1 aliphatic carbocycles. The lowest BCUT2D eigenvalue weighted by atomic mass is 9.94. The minimum atomic E-state index is -0.556.